The summed E-state index contributed by atoms with van der Waals surface area (Å²) in [5, 5.41) is 14.0. The molecular weight excluding hydrogens is 322 g/mol. The number of aliphatic hydroxyl groups excluding tert-OH is 1. The van der Waals surface area contributed by atoms with Crippen LogP contribution < -0.4 is 5.32 Å². The Hall–Kier alpha value is -1.97. The predicted molar refractivity (Wildman–Crippen MR) is 106 cm³/mol. The van der Waals surface area contributed by atoms with Crippen LogP contribution in [0.15, 0.2) is 30.3 Å². The first-order chi connectivity index (χ1) is 12.3. The van der Waals surface area contributed by atoms with Gasteiger partial charge in [-0.3, -0.25) is 4.79 Å². The van der Waals surface area contributed by atoms with Crippen molar-refractivity contribution in [2.75, 3.05) is 0 Å². The van der Waals surface area contributed by atoms with Crippen molar-refractivity contribution in [3.05, 3.63) is 69.3 Å². The minimum Gasteiger partial charge on any atom is -0.391 e. The van der Waals surface area contributed by atoms with Gasteiger partial charge in [0.1, 0.15) is 0 Å². The number of hydrogen-bond donors (Lipinski definition) is 2. The van der Waals surface area contributed by atoms with Gasteiger partial charge in [0, 0.05) is 24.6 Å². The summed E-state index contributed by atoms with van der Waals surface area (Å²) in [6.45, 7) is 8.96. The summed E-state index contributed by atoms with van der Waals surface area (Å²) in [7, 11) is 0. The molecule has 0 unspecified atom stereocenters. The maximum atomic E-state index is 12.6. The van der Waals surface area contributed by atoms with Gasteiger partial charge in [-0.25, -0.2) is 0 Å². The van der Waals surface area contributed by atoms with E-state index in [-0.39, 0.29) is 11.8 Å². The zero-order valence-corrected chi connectivity index (χ0v) is 16.2. The van der Waals surface area contributed by atoms with E-state index in [4.69, 9.17) is 0 Å². The number of fused-ring (bicyclic) bond motifs is 1. The number of hydrogen-bond acceptors (Lipinski definition) is 3. The normalized spacial score (nSPS) is 17.7. The van der Waals surface area contributed by atoms with Crippen LogP contribution in [0.5, 0.6) is 0 Å². The van der Waals surface area contributed by atoms with Crippen LogP contribution >= 0.6 is 0 Å². The first kappa shape index (κ1) is 18.8. The Kier molecular flexibility index (Phi) is 5.59. The Labute approximate surface area is 156 Å². The van der Waals surface area contributed by atoms with Crippen LogP contribution in [0.4, 0.5) is 0 Å². The van der Waals surface area contributed by atoms with Crippen LogP contribution in [0.25, 0.3) is 0 Å². The Morgan fingerprint density at radius 1 is 1.08 bits per heavy atom. The quantitative estimate of drug-likeness (QED) is 0.802. The molecule has 3 rings (SSSR count). The highest BCUT2D eigenvalue weighted by Gasteiger charge is 2.25. The summed E-state index contributed by atoms with van der Waals surface area (Å²) >= 11 is 0. The first-order valence-corrected chi connectivity index (χ1v) is 9.46. The average Bonchev–Trinajstić information content (AvgIpc) is 2.62. The van der Waals surface area contributed by atoms with E-state index in [9.17, 15) is 9.90 Å². The molecule has 2 atom stereocenters. The van der Waals surface area contributed by atoms with Crippen LogP contribution in [-0.4, -0.2) is 23.0 Å². The third-order valence-corrected chi connectivity index (χ3v) is 5.63. The van der Waals surface area contributed by atoms with E-state index in [0.717, 1.165) is 29.7 Å². The molecule has 2 aromatic rings. The van der Waals surface area contributed by atoms with E-state index in [0.29, 0.717) is 12.8 Å². The van der Waals surface area contributed by atoms with E-state index in [1.807, 2.05) is 19.9 Å². The fourth-order valence-electron chi connectivity index (χ4n) is 3.82. The van der Waals surface area contributed by atoms with E-state index < -0.39 is 6.10 Å². The third-order valence-electron chi connectivity index (χ3n) is 5.63. The number of carbonyl (C=O) groups is 1. The van der Waals surface area contributed by atoms with Gasteiger partial charge in [-0.2, -0.15) is 0 Å². The summed E-state index contributed by atoms with van der Waals surface area (Å²) < 4.78 is 0. The van der Waals surface area contributed by atoms with Gasteiger partial charge in [-0.1, -0.05) is 29.8 Å². The molecular formula is C23H29NO2. The van der Waals surface area contributed by atoms with E-state index in [1.54, 1.807) is 0 Å². The zero-order chi connectivity index (χ0) is 18.8. The second-order valence-corrected chi connectivity index (χ2v) is 7.74. The predicted octanol–water partition coefficient (Wildman–Crippen LogP) is 3.96. The molecule has 0 saturated heterocycles. The highest BCUT2D eigenvalue weighted by atomic mass is 16.3. The van der Waals surface area contributed by atoms with Crippen molar-refractivity contribution in [3.63, 3.8) is 0 Å². The van der Waals surface area contributed by atoms with Crippen LogP contribution in [0, 0.1) is 27.7 Å². The molecule has 2 N–H and O–H groups in total. The summed E-state index contributed by atoms with van der Waals surface area (Å²) in [4.78, 5) is 12.6. The lowest BCUT2D eigenvalue weighted by Crippen LogP contribution is -2.44. The largest absolute Gasteiger partial charge is 0.391 e. The number of nitrogens with one attached hydrogen (secondary N) is 1. The zero-order valence-electron chi connectivity index (χ0n) is 16.2. The lowest BCUT2D eigenvalue weighted by Gasteiger charge is -2.30. The van der Waals surface area contributed by atoms with Crippen molar-refractivity contribution in [1.82, 2.24) is 5.32 Å². The Bertz CT molecular complexity index is 825. The maximum absolute atomic E-state index is 12.6. The number of aryl methyl sites for hydroxylation is 4. The van der Waals surface area contributed by atoms with Crippen LogP contribution in [0.3, 0.4) is 0 Å². The summed E-state index contributed by atoms with van der Waals surface area (Å²) in [6.07, 6.45) is 1.17. The lowest BCUT2D eigenvalue weighted by atomic mass is 9.89. The highest BCUT2D eigenvalue weighted by molar-refractivity contribution is 5.97. The standard InChI is InChI=1S/C23H29NO2/c1-14-5-6-18-12-21(24-13-19(18)9-14)23(26)8-7-22(25)20-11-16(3)15(2)10-17(20)4/h5-6,9-11,21,23-24,26H,7-8,12-13H2,1-4H3/t21-,23+/m0/s1. The number of aliphatic hydroxyl groups is 1. The van der Waals surface area contributed by atoms with Crippen LogP contribution in [0.2, 0.25) is 0 Å². The molecule has 0 amide bonds. The van der Waals surface area contributed by atoms with Crippen molar-refractivity contribution in [2.45, 2.75) is 65.6 Å². The van der Waals surface area contributed by atoms with Crippen molar-refractivity contribution < 1.29 is 9.90 Å². The Balaban J connectivity index is 1.61. The van der Waals surface area contributed by atoms with Crippen molar-refractivity contribution in [2.24, 2.45) is 0 Å². The van der Waals surface area contributed by atoms with Crippen molar-refractivity contribution in [1.29, 1.82) is 0 Å². The highest BCUT2D eigenvalue weighted by Crippen LogP contribution is 2.22. The van der Waals surface area contributed by atoms with Crippen LogP contribution in [-0.2, 0) is 13.0 Å². The third kappa shape index (κ3) is 4.05. The molecule has 0 spiro atoms. The molecule has 0 aliphatic carbocycles. The summed E-state index contributed by atoms with van der Waals surface area (Å²) in [5.74, 6) is 0.122. The Morgan fingerprint density at radius 3 is 2.58 bits per heavy atom. The van der Waals surface area contributed by atoms with E-state index in [1.165, 1.54) is 22.3 Å². The lowest BCUT2D eigenvalue weighted by molar-refractivity contribution is 0.0877. The van der Waals surface area contributed by atoms with Gasteiger partial charge in [0.25, 0.3) is 0 Å². The number of rotatable bonds is 5. The average molecular weight is 351 g/mol. The first-order valence-electron chi connectivity index (χ1n) is 9.46. The van der Waals surface area contributed by atoms with Gasteiger partial charge in [-0.15, -0.1) is 0 Å². The van der Waals surface area contributed by atoms with Gasteiger partial charge in [0.15, 0.2) is 5.78 Å². The molecule has 26 heavy (non-hydrogen) atoms. The van der Waals surface area contributed by atoms with Crippen LogP contribution in [0.1, 0.15) is 56.6 Å². The smallest absolute Gasteiger partial charge is 0.163 e. The fourth-order valence-corrected chi connectivity index (χ4v) is 3.82. The minimum absolute atomic E-state index is 0.0128. The molecule has 0 fully saturated rings. The second kappa shape index (κ2) is 7.73. The molecule has 0 radical (unpaired) electrons. The monoisotopic (exact) mass is 351 g/mol. The fraction of sp³-hybridized carbons (Fsp3) is 0.435. The van der Waals surface area contributed by atoms with Gasteiger partial charge in [-0.05, 0) is 74.4 Å². The Morgan fingerprint density at radius 2 is 1.81 bits per heavy atom. The van der Waals surface area contributed by atoms with Gasteiger partial charge < -0.3 is 10.4 Å². The van der Waals surface area contributed by atoms with E-state index in [2.05, 4.69) is 43.4 Å². The van der Waals surface area contributed by atoms with Gasteiger partial charge >= 0.3 is 0 Å². The SMILES string of the molecule is Cc1ccc2c(c1)CN[C@H]([C@H](O)CCC(=O)c1cc(C)c(C)cc1C)C2. The number of benzene rings is 2. The van der Waals surface area contributed by atoms with Gasteiger partial charge in [0.05, 0.1) is 6.10 Å². The molecule has 0 aromatic heterocycles. The number of Topliss-reactive ketones (excluding diaryl/α,β-unsaturated/α-hetero) is 1. The summed E-state index contributed by atoms with van der Waals surface area (Å²) in [6, 6.07) is 10.6. The minimum atomic E-state index is -0.514. The van der Waals surface area contributed by atoms with E-state index >= 15 is 0 Å². The number of carbonyl (C=O) groups excluding carboxylic acids is 1. The maximum Gasteiger partial charge on any atom is 0.163 e. The topological polar surface area (TPSA) is 49.3 Å². The molecule has 1 aliphatic heterocycles. The molecule has 1 heterocycles. The summed E-state index contributed by atoms with van der Waals surface area (Å²) in [5.41, 5.74) is 8.04. The molecule has 1 aliphatic rings. The molecule has 2 aromatic carbocycles. The molecule has 3 nitrogen and oxygen atoms in total. The molecule has 138 valence electrons. The van der Waals surface area contributed by atoms with Crippen molar-refractivity contribution in [3.8, 4) is 0 Å². The second-order valence-electron chi connectivity index (χ2n) is 7.74. The van der Waals surface area contributed by atoms with Gasteiger partial charge in [0.2, 0.25) is 0 Å². The van der Waals surface area contributed by atoms with Crippen molar-refractivity contribution >= 4 is 5.78 Å². The molecule has 0 bridgehead atoms. The molecule has 0 saturated carbocycles. The number of ketones is 1. The molecule has 3 heteroatoms.